The van der Waals surface area contributed by atoms with Gasteiger partial charge in [-0.15, -0.1) is 0 Å². The molecule has 2 atom stereocenters. The summed E-state index contributed by atoms with van der Waals surface area (Å²) >= 11 is 0. The summed E-state index contributed by atoms with van der Waals surface area (Å²) in [6.07, 6.45) is 9.47. The molecule has 3 heteroatoms. The zero-order chi connectivity index (χ0) is 9.42. The molecule has 0 radical (unpaired) electrons. The average molecular weight is 177 g/mol. The predicted octanol–water partition coefficient (Wildman–Crippen LogP) is 1.01. The monoisotopic (exact) mass is 177 g/mol. The van der Waals surface area contributed by atoms with E-state index in [0.717, 1.165) is 0 Å². The van der Waals surface area contributed by atoms with Crippen molar-refractivity contribution in [2.45, 2.75) is 6.04 Å². The largest absolute Gasteiger partial charge is 0.478 e. The maximum atomic E-state index is 10.9. The van der Waals surface area contributed by atoms with E-state index in [4.69, 9.17) is 5.11 Å². The number of rotatable bonds is 1. The Hall–Kier alpha value is -1.51. The van der Waals surface area contributed by atoms with E-state index in [1.165, 1.54) is 0 Å². The molecule has 0 amide bonds. The first-order chi connectivity index (χ1) is 6.20. The molecule has 0 saturated heterocycles. The summed E-state index contributed by atoms with van der Waals surface area (Å²) in [5, 5.41) is 8.95. The van der Waals surface area contributed by atoms with E-state index in [9.17, 15) is 4.79 Å². The van der Waals surface area contributed by atoms with E-state index in [1.54, 1.807) is 6.08 Å². The van der Waals surface area contributed by atoms with Crippen molar-refractivity contribution in [3.63, 3.8) is 0 Å². The number of hydrogen-bond donors (Lipinski definition) is 1. The number of likely N-dealkylation sites (N-methyl/N-ethyl adjacent to an activating group) is 1. The van der Waals surface area contributed by atoms with Gasteiger partial charge in [-0.2, -0.15) is 0 Å². The summed E-state index contributed by atoms with van der Waals surface area (Å²) in [7, 11) is 1.90. The molecule has 1 aliphatic heterocycles. The van der Waals surface area contributed by atoms with Crippen molar-refractivity contribution >= 4 is 5.97 Å². The lowest BCUT2D eigenvalue weighted by molar-refractivity contribution is -0.133. The summed E-state index contributed by atoms with van der Waals surface area (Å²) < 4.78 is 0. The first-order valence-electron chi connectivity index (χ1n) is 4.22. The molecule has 1 heterocycles. The van der Waals surface area contributed by atoms with Gasteiger partial charge in [-0.05, 0) is 12.3 Å². The van der Waals surface area contributed by atoms with Gasteiger partial charge in [0.05, 0.1) is 11.6 Å². The van der Waals surface area contributed by atoms with Crippen LogP contribution in [0.15, 0.2) is 36.1 Å². The van der Waals surface area contributed by atoms with Gasteiger partial charge in [0.15, 0.2) is 0 Å². The standard InChI is InChI=1S/C10H11NO2/c1-11-6-5-7-3-2-4-8(9(7)11)10(12)13/h2-7,9H,1H3,(H,12,13). The predicted molar refractivity (Wildman–Crippen MR) is 49.0 cm³/mol. The quantitative estimate of drug-likeness (QED) is 0.649. The number of aliphatic carboxylic acids is 1. The minimum absolute atomic E-state index is 0.0116. The number of nitrogens with zero attached hydrogens (tertiary/aromatic N) is 1. The number of hydrogen-bond acceptors (Lipinski definition) is 2. The molecule has 0 fully saturated rings. The number of carboxylic acid groups (broad SMARTS) is 1. The Morgan fingerprint density at radius 1 is 1.54 bits per heavy atom. The Morgan fingerprint density at radius 3 is 3.00 bits per heavy atom. The zero-order valence-corrected chi connectivity index (χ0v) is 7.34. The topological polar surface area (TPSA) is 40.5 Å². The van der Waals surface area contributed by atoms with Crippen molar-refractivity contribution in [1.82, 2.24) is 4.90 Å². The highest BCUT2D eigenvalue weighted by molar-refractivity contribution is 5.89. The molecule has 0 aromatic carbocycles. The van der Waals surface area contributed by atoms with Crippen LogP contribution in [0.1, 0.15) is 0 Å². The lowest BCUT2D eigenvalue weighted by Crippen LogP contribution is -2.34. The van der Waals surface area contributed by atoms with Crippen molar-refractivity contribution in [1.29, 1.82) is 0 Å². The fourth-order valence-electron chi connectivity index (χ4n) is 1.88. The molecule has 0 aromatic heterocycles. The first kappa shape index (κ1) is 8.10. The van der Waals surface area contributed by atoms with Crippen LogP contribution in [0.4, 0.5) is 0 Å². The van der Waals surface area contributed by atoms with Gasteiger partial charge in [0, 0.05) is 13.0 Å². The molecule has 3 nitrogen and oxygen atoms in total. The fraction of sp³-hybridized carbons (Fsp3) is 0.300. The van der Waals surface area contributed by atoms with E-state index in [-0.39, 0.29) is 12.0 Å². The van der Waals surface area contributed by atoms with Crippen LogP contribution in [0.3, 0.4) is 0 Å². The third-order valence-electron chi connectivity index (χ3n) is 2.52. The third kappa shape index (κ3) is 1.16. The number of fused-ring (bicyclic) bond motifs is 1. The van der Waals surface area contributed by atoms with Crippen LogP contribution in [0.25, 0.3) is 0 Å². The number of allylic oxidation sites excluding steroid dienone is 2. The van der Waals surface area contributed by atoms with Crippen LogP contribution in [-0.2, 0) is 4.79 Å². The molecule has 68 valence electrons. The van der Waals surface area contributed by atoms with Crippen molar-refractivity contribution < 1.29 is 9.90 Å². The maximum Gasteiger partial charge on any atom is 0.333 e. The highest BCUT2D eigenvalue weighted by Gasteiger charge is 2.33. The normalized spacial score (nSPS) is 30.2. The SMILES string of the molecule is CN1C=CC2C=CC=C(C(=O)O)C21. The van der Waals surface area contributed by atoms with Crippen LogP contribution in [0.5, 0.6) is 0 Å². The van der Waals surface area contributed by atoms with Crippen molar-refractivity contribution in [2.24, 2.45) is 5.92 Å². The Labute approximate surface area is 76.7 Å². The average Bonchev–Trinajstić information content (AvgIpc) is 2.48. The molecule has 1 N–H and O–H groups in total. The highest BCUT2D eigenvalue weighted by Crippen LogP contribution is 2.29. The number of carbonyl (C=O) groups is 1. The van der Waals surface area contributed by atoms with Crippen molar-refractivity contribution in [2.75, 3.05) is 7.05 Å². The van der Waals surface area contributed by atoms with Gasteiger partial charge in [0.2, 0.25) is 0 Å². The Kier molecular flexibility index (Phi) is 1.72. The highest BCUT2D eigenvalue weighted by atomic mass is 16.4. The zero-order valence-electron chi connectivity index (χ0n) is 7.34. The molecule has 1 aliphatic carbocycles. The minimum Gasteiger partial charge on any atom is -0.478 e. The molecular weight excluding hydrogens is 166 g/mol. The molecule has 2 aliphatic rings. The van der Waals surface area contributed by atoms with Crippen LogP contribution in [0.2, 0.25) is 0 Å². The maximum absolute atomic E-state index is 10.9. The Morgan fingerprint density at radius 2 is 2.31 bits per heavy atom. The van der Waals surface area contributed by atoms with Gasteiger partial charge < -0.3 is 10.0 Å². The van der Waals surface area contributed by atoms with E-state index in [1.807, 2.05) is 36.4 Å². The second-order valence-corrected chi connectivity index (χ2v) is 3.34. The van der Waals surface area contributed by atoms with E-state index in [2.05, 4.69) is 0 Å². The second-order valence-electron chi connectivity index (χ2n) is 3.34. The molecule has 0 saturated carbocycles. The Balaban J connectivity index is 2.34. The van der Waals surface area contributed by atoms with Gasteiger partial charge in [0.1, 0.15) is 0 Å². The molecule has 2 unspecified atom stereocenters. The molecule has 0 spiro atoms. The summed E-state index contributed by atoms with van der Waals surface area (Å²) in [5.74, 6) is -0.601. The van der Waals surface area contributed by atoms with E-state index >= 15 is 0 Å². The molecular formula is C10H11NO2. The van der Waals surface area contributed by atoms with Crippen LogP contribution in [0, 0.1) is 5.92 Å². The summed E-state index contributed by atoms with van der Waals surface area (Å²) in [5.41, 5.74) is 0.472. The van der Waals surface area contributed by atoms with Crippen molar-refractivity contribution in [3.05, 3.63) is 36.1 Å². The molecule has 0 bridgehead atoms. The summed E-state index contributed by atoms with van der Waals surface area (Å²) in [6.45, 7) is 0. The van der Waals surface area contributed by atoms with Crippen LogP contribution < -0.4 is 0 Å². The fourth-order valence-corrected chi connectivity index (χ4v) is 1.88. The smallest absolute Gasteiger partial charge is 0.333 e. The van der Waals surface area contributed by atoms with Gasteiger partial charge in [-0.25, -0.2) is 4.79 Å². The summed E-state index contributed by atoms with van der Waals surface area (Å²) in [6, 6.07) is -0.0116. The van der Waals surface area contributed by atoms with Gasteiger partial charge in [-0.1, -0.05) is 18.2 Å². The second kappa shape index (κ2) is 2.76. The van der Waals surface area contributed by atoms with E-state index < -0.39 is 5.97 Å². The molecule has 13 heavy (non-hydrogen) atoms. The lowest BCUT2D eigenvalue weighted by Gasteiger charge is -2.27. The van der Waals surface area contributed by atoms with Gasteiger partial charge >= 0.3 is 5.97 Å². The lowest BCUT2D eigenvalue weighted by atomic mass is 9.90. The molecule has 2 rings (SSSR count). The minimum atomic E-state index is -0.824. The Bertz CT molecular complexity index is 328. The van der Waals surface area contributed by atoms with Crippen LogP contribution in [-0.4, -0.2) is 29.1 Å². The van der Waals surface area contributed by atoms with Gasteiger partial charge in [0.25, 0.3) is 0 Å². The summed E-state index contributed by atoms with van der Waals surface area (Å²) in [4.78, 5) is 12.8. The van der Waals surface area contributed by atoms with E-state index in [0.29, 0.717) is 5.57 Å². The van der Waals surface area contributed by atoms with Crippen molar-refractivity contribution in [3.8, 4) is 0 Å². The van der Waals surface area contributed by atoms with Gasteiger partial charge in [-0.3, -0.25) is 0 Å². The van der Waals surface area contributed by atoms with Crippen LogP contribution >= 0.6 is 0 Å². The first-order valence-corrected chi connectivity index (χ1v) is 4.22. The number of carboxylic acids is 1. The molecule has 0 aromatic rings. The third-order valence-corrected chi connectivity index (χ3v) is 2.52.